The van der Waals surface area contributed by atoms with Gasteiger partial charge in [-0.3, -0.25) is 4.79 Å². The molecule has 110 valence electrons. The summed E-state index contributed by atoms with van der Waals surface area (Å²) in [6.45, 7) is 3.61. The number of carbonyl (C=O) groups is 1. The molecule has 0 aromatic carbocycles. The van der Waals surface area contributed by atoms with Crippen molar-refractivity contribution in [1.29, 1.82) is 0 Å². The average molecular weight is 273 g/mol. The molecule has 0 aromatic rings. The first kappa shape index (κ1) is 16.1. The van der Waals surface area contributed by atoms with Crippen molar-refractivity contribution in [3.05, 3.63) is 12.2 Å². The molecular formula is C13H23NO5. The molecular weight excluding hydrogens is 250 g/mol. The fourth-order valence-corrected chi connectivity index (χ4v) is 1.89. The van der Waals surface area contributed by atoms with Crippen molar-refractivity contribution >= 4 is 5.91 Å². The highest BCUT2D eigenvalue weighted by atomic mass is 16.7. The molecule has 1 saturated heterocycles. The molecule has 0 aromatic heterocycles. The molecule has 1 fully saturated rings. The smallest absolute Gasteiger partial charge is 0.241 e. The minimum Gasteiger partial charge on any atom is -0.390 e. The van der Waals surface area contributed by atoms with Crippen molar-refractivity contribution in [2.45, 2.75) is 63.8 Å². The minimum atomic E-state index is -0.824. The Morgan fingerprint density at radius 3 is 2.84 bits per heavy atom. The third-order valence-electron chi connectivity index (χ3n) is 3.08. The summed E-state index contributed by atoms with van der Waals surface area (Å²) >= 11 is 0. The molecule has 0 spiro atoms. The van der Waals surface area contributed by atoms with Gasteiger partial charge in [-0.25, -0.2) is 0 Å². The summed E-state index contributed by atoms with van der Waals surface area (Å²) in [6, 6.07) is 0. The maximum atomic E-state index is 10.5. The van der Waals surface area contributed by atoms with Gasteiger partial charge >= 0.3 is 0 Å². The SMILES string of the molecule is C[C@H](CC/C=C/C(N)=O)O[C@@H]1O[C@@H](C)[C@H](O)C[C@H]1O. The zero-order chi connectivity index (χ0) is 14.4. The Hall–Kier alpha value is -0.950. The van der Waals surface area contributed by atoms with Crippen LogP contribution in [0.4, 0.5) is 0 Å². The highest BCUT2D eigenvalue weighted by Crippen LogP contribution is 2.22. The van der Waals surface area contributed by atoms with E-state index in [1.807, 2.05) is 6.92 Å². The first-order valence-electron chi connectivity index (χ1n) is 6.53. The molecule has 0 unspecified atom stereocenters. The van der Waals surface area contributed by atoms with Gasteiger partial charge in [-0.05, 0) is 32.8 Å². The summed E-state index contributed by atoms with van der Waals surface area (Å²) < 4.78 is 11.0. The van der Waals surface area contributed by atoms with Crippen molar-refractivity contribution in [3.63, 3.8) is 0 Å². The number of amides is 1. The zero-order valence-corrected chi connectivity index (χ0v) is 11.4. The third-order valence-corrected chi connectivity index (χ3v) is 3.08. The van der Waals surface area contributed by atoms with Gasteiger partial charge in [-0.15, -0.1) is 0 Å². The van der Waals surface area contributed by atoms with Gasteiger partial charge in [0, 0.05) is 6.42 Å². The predicted octanol–water partition coefficient (Wildman–Crippen LogP) is 0.0699. The molecule has 1 amide bonds. The molecule has 1 heterocycles. The predicted molar refractivity (Wildman–Crippen MR) is 69.1 cm³/mol. The van der Waals surface area contributed by atoms with E-state index in [9.17, 15) is 15.0 Å². The van der Waals surface area contributed by atoms with Gasteiger partial charge in [0.25, 0.3) is 0 Å². The van der Waals surface area contributed by atoms with Crippen LogP contribution in [-0.2, 0) is 14.3 Å². The Balaban J connectivity index is 2.31. The molecule has 0 radical (unpaired) electrons. The number of hydrogen-bond donors (Lipinski definition) is 3. The topological polar surface area (TPSA) is 102 Å². The lowest BCUT2D eigenvalue weighted by Crippen LogP contribution is -2.48. The van der Waals surface area contributed by atoms with Crippen molar-refractivity contribution in [3.8, 4) is 0 Å². The van der Waals surface area contributed by atoms with Crippen molar-refractivity contribution in [2.24, 2.45) is 5.73 Å². The van der Waals surface area contributed by atoms with Crippen LogP contribution in [0.15, 0.2) is 12.2 Å². The number of primary amides is 1. The molecule has 1 aliphatic heterocycles. The molecule has 5 atom stereocenters. The van der Waals surface area contributed by atoms with Gasteiger partial charge in [0.15, 0.2) is 6.29 Å². The van der Waals surface area contributed by atoms with Crippen molar-refractivity contribution in [1.82, 2.24) is 0 Å². The second kappa shape index (κ2) is 7.59. The Bertz CT molecular complexity index is 320. The number of nitrogens with two attached hydrogens (primary N) is 1. The third kappa shape index (κ3) is 5.69. The van der Waals surface area contributed by atoms with Crippen LogP contribution in [0.25, 0.3) is 0 Å². The van der Waals surface area contributed by atoms with E-state index < -0.39 is 24.4 Å². The van der Waals surface area contributed by atoms with Crippen LogP contribution in [-0.4, -0.2) is 46.8 Å². The summed E-state index contributed by atoms with van der Waals surface area (Å²) in [4.78, 5) is 10.5. The lowest BCUT2D eigenvalue weighted by Gasteiger charge is -2.36. The van der Waals surface area contributed by atoms with Crippen LogP contribution >= 0.6 is 0 Å². The van der Waals surface area contributed by atoms with Crippen LogP contribution in [0.1, 0.15) is 33.1 Å². The van der Waals surface area contributed by atoms with E-state index in [-0.39, 0.29) is 18.6 Å². The Morgan fingerprint density at radius 1 is 1.53 bits per heavy atom. The minimum absolute atomic E-state index is 0.125. The number of aliphatic hydroxyl groups is 2. The van der Waals surface area contributed by atoms with Crippen molar-refractivity contribution in [2.75, 3.05) is 0 Å². The number of aliphatic hydroxyl groups excluding tert-OH is 2. The highest BCUT2D eigenvalue weighted by molar-refractivity contribution is 5.85. The molecule has 1 rings (SSSR count). The van der Waals surface area contributed by atoms with E-state index in [2.05, 4.69) is 0 Å². The van der Waals surface area contributed by atoms with E-state index in [0.29, 0.717) is 12.8 Å². The van der Waals surface area contributed by atoms with E-state index in [1.165, 1.54) is 6.08 Å². The molecule has 4 N–H and O–H groups in total. The Morgan fingerprint density at radius 2 is 2.21 bits per heavy atom. The summed E-state index contributed by atoms with van der Waals surface area (Å²) in [5.41, 5.74) is 4.97. The van der Waals surface area contributed by atoms with Crippen LogP contribution < -0.4 is 5.73 Å². The van der Waals surface area contributed by atoms with Crippen LogP contribution in [0.5, 0.6) is 0 Å². The van der Waals surface area contributed by atoms with Crippen molar-refractivity contribution < 1.29 is 24.5 Å². The second-order valence-electron chi connectivity index (χ2n) is 4.91. The van der Waals surface area contributed by atoms with Crippen LogP contribution in [0, 0.1) is 0 Å². The molecule has 6 nitrogen and oxygen atoms in total. The Labute approximate surface area is 113 Å². The molecule has 6 heteroatoms. The molecule has 19 heavy (non-hydrogen) atoms. The maximum Gasteiger partial charge on any atom is 0.241 e. The van der Waals surface area contributed by atoms with E-state index in [4.69, 9.17) is 15.2 Å². The normalized spacial score (nSPS) is 33.5. The van der Waals surface area contributed by atoms with Gasteiger partial charge in [0.2, 0.25) is 5.91 Å². The summed E-state index contributed by atoms with van der Waals surface area (Å²) in [7, 11) is 0. The van der Waals surface area contributed by atoms with Crippen LogP contribution in [0.2, 0.25) is 0 Å². The van der Waals surface area contributed by atoms with Crippen LogP contribution in [0.3, 0.4) is 0 Å². The number of allylic oxidation sites excluding steroid dienone is 1. The number of carbonyl (C=O) groups excluding carboxylic acids is 1. The maximum absolute atomic E-state index is 10.5. The van der Waals surface area contributed by atoms with E-state index in [0.717, 1.165) is 0 Å². The van der Waals surface area contributed by atoms with Gasteiger partial charge in [0.1, 0.15) is 6.10 Å². The number of ether oxygens (including phenoxy) is 2. The van der Waals surface area contributed by atoms with Gasteiger partial charge in [0.05, 0.1) is 18.3 Å². The zero-order valence-electron chi connectivity index (χ0n) is 11.4. The number of rotatable bonds is 6. The first-order chi connectivity index (χ1) is 8.90. The summed E-state index contributed by atoms with van der Waals surface area (Å²) in [5, 5.41) is 19.3. The highest BCUT2D eigenvalue weighted by Gasteiger charge is 2.35. The number of hydrogen-bond acceptors (Lipinski definition) is 5. The summed E-state index contributed by atoms with van der Waals surface area (Å²) in [6.07, 6.45) is 1.92. The van der Waals surface area contributed by atoms with Gasteiger partial charge in [-0.2, -0.15) is 0 Å². The molecule has 0 bridgehead atoms. The second-order valence-corrected chi connectivity index (χ2v) is 4.91. The fraction of sp³-hybridized carbons (Fsp3) is 0.769. The molecule has 1 aliphatic rings. The average Bonchev–Trinajstić information content (AvgIpc) is 2.31. The standard InChI is InChI=1S/C13H23NO5/c1-8(5-3-4-6-12(14)17)18-13-11(16)7-10(15)9(2)19-13/h4,6,8-11,13,15-16H,3,5,7H2,1-2H3,(H2,14,17)/b6-4+/t8-,9+,10-,11-,13-/m1/s1. The summed E-state index contributed by atoms with van der Waals surface area (Å²) in [5.74, 6) is -0.470. The van der Waals surface area contributed by atoms with E-state index >= 15 is 0 Å². The lowest BCUT2D eigenvalue weighted by molar-refractivity contribution is -0.273. The first-order valence-corrected chi connectivity index (χ1v) is 6.53. The molecule has 0 aliphatic carbocycles. The van der Waals surface area contributed by atoms with E-state index in [1.54, 1.807) is 13.0 Å². The largest absolute Gasteiger partial charge is 0.390 e. The Kier molecular flexibility index (Phi) is 6.44. The fourth-order valence-electron chi connectivity index (χ4n) is 1.89. The monoisotopic (exact) mass is 273 g/mol. The van der Waals surface area contributed by atoms with Gasteiger partial charge < -0.3 is 25.4 Å². The lowest BCUT2D eigenvalue weighted by atomic mass is 10.0. The van der Waals surface area contributed by atoms with Gasteiger partial charge in [-0.1, -0.05) is 6.08 Å². The molecule has 0 saturated carbocycles. The quantitative estimate of drug-likeness (QED) is 0.594.